The fourth-order valence-electron chi connectivity index (χ4n) is 2.06. The van der Waals surface area contributed by atoms with Gasteiger partial charge in [-0.15, -0.1) is 0 Å². The molecule has 21 heavy (non-hydrogen) atoms. The predicted molar refractivity (Wildman–Crippen MR) is 73.2 cm³/mol. The molecule has 1 aromatic carbocycles. The van der Waals surface area contributed by atoms with Crippen LogP contribution in [0.2, 0.25) is 0 Å². The zero-order chi connectivity index (χ0) is 15.6. The van der Waals surface area contributed by atoms with Gasteiger partial charge >= 0.3 is 5.97 Å². The van der Waals surface area contributed by atoms with E-state index in [0.29, 0.717) is 0 Å². The van der Waals surface area contributed by atoms with E-state index in [9.17, 15) is 23.4 Å². The second kappa shape index (κ2) is 6.10. The van der Waals surface area contributed by atoms with Crippen molar-refractivity contribution < 1.29 is 28.2 Å². The topological polar surface area (TPSA) is 104 Å². The minimum atomic E-state index is -3.80. The summed E-state index contributed by atoms with van der Waals surface area (Å²) < 4.78 is 30.5. The lowest BCUT2D eigenvalue weighted by molar-refractivity contribution is 0.0526. The van der Waals surface area contributed by atoms with Crippen molar-refractivity contribution in [1.29, 1.82) is 0 Å². The minimum absolute atomic E-state index is 0.00292. The van der Waals surface area contributed by atoms with Crippen LogP contribution < -0.4 is 0 Å². The average molecular weight is 315 g/mol. The summed E-state index contributed by atoms with van der Waals surface area (Å²) in [6, 6.07) is 5.35. The van der Waals surface area contributed by atoms with Gasteiger partial charge in [0.15, 0.2) is 0 Å². The third-order valence-electron chi connectivity index (χ3n) is 3.23. The van der Waals surface area contributed by atoms with Crippen LogP contribution in [0.4, 0.5) is 0 Å². The quantitative estimate of drug-likeness (QED) is 0.732. The number of nitrogens with zero attached hydrogens (tertiary/aromatic N) is 1. The van der Waals surface area contributed by atoms with Gasteiger partial charge in [-0.1, -0.05) is 0 Å². The Hall–Kier alpha value is -1.48. The van der Waals surface area contributed by atoms with Gasteiger partial charge in [-0.3, -0.25) is 0 Å². The SMILES string of the molecule is CCOC(=O)c1ccc(S(=O)(=O)N2C[C@@H](O)[C@@H](O)C2)cc1. The van der Waals surface area contributed by atoms with Gasteiger partial charge in [0.1, 0.15) is 0 Å². The zero-order valence-electron chi connectivity index (χ0n) is 11.5. The van der Waals surface area contributed by atoms with Crippen molar-refractivity contribution in [2.24, 2.45) is 0 Å². The molecule has 116 valence electrons. The Morgan fingerprint density at radius 3 is 2.24 bits per heavy atom. The molecule has 0 radical (unpaired) electrons. The first-order valence-corrected chi connectivity index (χ1v) is 7.93. The smallest absolute Gasteiger partial charge is 0.338 e. The lowest BCUT2D eigenvalue weighted by atomic mass is 10.2. The third-order valence-corrected chi connectivity index (χ3v) is 5.07. The van der Waals surface area contributed by atoms with Crippen molar-refractivity contribution in [3.8, 4) is 0 Å². The van der Waals surface area contributed by atoms with Gasteiger partial charge in [0, 0.05) is 13.1 Å². The molecule has 0 bridgehead atoms. The standard InChI is InChI=1S/C13H17NO6S/c1-2-20-13(17)9-3-5-10(6-4-9)21(18,19)14-7-11(15)12(16)8-14/h3-6,11-12,15-16H,2,7-8H2,1H3/t11-,12+. The number of esters is 1. The van der Waals surface area contributed by atoms with Gasteiger partial charge in [0.25, 0.3) is 0 Å². The molecule has 1 aliphatic heterocycles. The number of rotatable bonds is 4. The van der Waals surface area contributed by atoms with Crippen LogP contribution in [0.25, 0.3) is 0 Å². The maximum Gasteiger partial charge on any atom is 0.338 e. The van der Waals surface area contributed by atoms with Crippen LogP contribution in [0.3, 0.4) is 0 Å². The summed E-state index contributed by atoms with van der Waals surface area (Å²) in [6.07, 6.45) is -2.17. The predicted octanol–water partition coefficient (Wildman–Crippen LogP) is -0.411. The minimum Gasteiger partial charge on any atom is -0.462 e. The Morgan fingerprint density at radius 2 is 1.76 bits per heavy atom. The monoisotopic (exact) mass is 315 g/mol. The first-order chi connectivity index (χ1) is 9.86. The summed E-state index contributed by atoms with van der Waals surface area (Å²) in [5.74, 6) is -0.520. The number of carbonyl (C=O) groups is 1. The van der Waals surface area contributed by atoms with Crippen LogP contribution in [0, 0.1) is 0 Å². The maximum absolute atomic E-state index is 12.3. The van der Waals surface area contributed by atoms with Crippen LogP contribution >= 0.6 is 0 Å². The van der Waals surface area contributed by atoms with E-state index in [1.165, 1.54) is 24.3 Å². The molecular weight excluding hydrogens is 298 g/mol. The molecule has 0 unspecified atom stereocenters. The molecule has 0 aromatic heterocycles. The van der Waals surface area contributed by atoms with Crippen LogP contribution in [-0.2, 0) is 14.8 Å². The summed E-state index contributed by atoms with van der Waals surface area (Å²) in [7, 11) is -3.80. The number of aliphatic hydroxyl groups excluding tert-OH is 2. The summed E-state index contributed by atoms with van der Waals surface area (Å²) in [4.78, 5) is 11.5. The van der Waals surface area contributed by atoms with E-state index in [2.05, 4.69) is 0 Å². The van der Waals surface area contributed by atoms with Gasteiger partial charge in [-0.05, 0) is 31.2 Å². The fourth-order valence-corrected chi connectivity index (χ4v) is 3.53. The van der Waals surface area contributed by atoms with Gasteiger partial charge in [0.05, 0.1) is 29.3 Å². The summed E-state index contributed by atoms with van der Waals surface area (Å²) in [5, 5.41) is 18.9. The van der Waals surface area contributed by atoms with E-state index in [4.69, 9.17) is 4.74 Å². The van der Waals surface area contributed by atoms with Crippen molar-refractivity contribution in [3.05, 3.63) is 29.8 Å². The maximum atomic E-state index is 12.3. The molecule has 7 nitrogen and oxygen atoms in total. The van der Waals surface area contributed by atoms with Crippen molar-refractivity contribution >= 4 is 16.0 Å². The van der Waals surface area contributed by atoms with Gasteiger partial charge in [0.2, 0.25) is 10.0 Å². The summed E-state index contributed by atoms with van der Waals surface area (Å²) in [5.41, 5.74) is 0.261. The normalized spacial score (nSPS) is 23.2. The second-order valence-corrected chi connectivity index (χ2v) is 6.64. The molecule has 1 fully saturated rings. The molecule has 1 aromatic rings. The summed E-state index contributed by atoms with van der Waals surface area (Å²) in [6.45, 7) is 1.62. The molecular formula is C13H17NO6S. The summed E-state index contributed by atoms with van der Waals surface area (Å²) >= 11 is 0. The van der Waals surface area contributed by atoms with Crippen LogP contribution in [0.1, 0.15) is 17.3 Å². The molecule has 1 aliphatic rings. The van der Waals surface area contributed by atoms with E-state index >= 15 is 0 Å². The highest BCUT2D eigenvalue weighted by molar-refractivity contribution is 7.89. The Kier molecular flexibility index (Phi) is 4.62. The second-order valence-electron chi connectivity index (χ2n) is 4.70. The molecule has 2 atom stereocenters. The lowest BCUT2D eigenvalue weighted by Crippen LogP contribution is -2.30. The number of β-amino-alcohol motifs (C(OH)–C–C–N with tert-alkyl or cyclic N) is 2. The molecule has 8 heteroatoms. The van der Waals surface area contributed by atoms with Crippen LogP contribution in [0.15, 0.2) is 29.2 Å². The number of hydrogen-bond donors (Lipinski definition) is 2. The molecule has 0 amide bonds. The number of sulfonamides is 1. The molecule has 0 aliphatic carbocycles. The largest absolute Gasteiger partial charge is 0.462 e. The number of aliphatic hydroxyl groups is 2. The highest BCUT2D eigenvalue weighted by atomic mass is 32.2. The van der Waals surface area contributed by atoms with Crippen molar-refractivity contribution in [2.75, 3.05) is 19.7 Å². The van der Waals surface area contributed by atoms with Crippen LogP contribution in [0.5, 0.6) is 0 Å². The Balaban J connectivity index is 2.20. The highest BCUT2D eigenvalue weighted by Crippen LogP contribution is 2.22. The molecule has 2 rings (SSSR count). The molecule has 0 saturated carbocycles. The third kappa shape index (κ3) is 3.24. The Morgan fingerprint density at radius 1 is 1.24 bits per heavy atom. The van der Waals surface area contributed by atoms with Crippen molar-refractivity contribution in [2.45, 2.75) is 24.0 Å². The zero-order valence-corrected chi connectivity index (χ0v) is 12.3. The number of benzene rings is 1. The van der Waals surface area contributed by atoms with Crippen molar-refractivity contribution in [1.82, 2.24) is 4.31 Å². The average Bonchev–Trinajstić information content (AvgIpc) is 2.80. The van der Waals surface area contributed by atoms with Crippen LogP contribution in [-0.4, -0.2) is 60.8 Å². The first kappa shape index (κ1) is 15.9. The number of hydrogen-bond acceptors (Lipinski definition) is 6. The van der Waals surface area contributed by atoms with Gasteiger partial charge in [-0.2, -0.15) is 4.31 Å². The van der Waals surface area contributed by atoms with Crippen molar-refractivity contribution in [3.63, 3.8) is 0 Å². The van der Waals surface area contributed by atoms with E-state index in [-0.39, 0.29) is 30.2 Å². The van der Waals surface area contributed by atoms with E-state index in [1.54, 1.807) is 6.92 Å². The Bertz CT molecular complexity index is 602. The molecule has 0 spiro atoms. The highest BCUT2D eigenvalue weighted by Gasteiger charge is 2.37. The van der Waals surface area contributed by atoms with Gasteiger partial charge in [-0.25, -0.2) is 13.2 Å². The van der Waals surface area contributed by atoms with E-state index in [1.807, 2.05) is 0 Å². The lowest BCUT2D eigenvalue weighted by Gasteiger charge is -2.15. The van der Waals surface area contributed by atoms with E-state index < -0.39 is 28.2 Å². The molecule has 2 N–H and O–H groups in total. The Labute approximate surface area is 122 Å². The van der Waals surface area contributed by atoms with Gasteiger partial charge < -0.3 is 14.9 Å². The molecule has 1 saturated heterocycles. The number of carbonyl (C=O) groups excluding carboxylic acids is 1. The number of ether oxygens (including phenoxy) is 1. The van der Waals surface area contributed by atoms with E-state index in [0.717, 1.165) is 4.31 Å². The first-order valence-electron chi connectivity index (χ1n) is 6.49. The fraction of sp³-hybridized carbons (Fsp3) is 0.462. The molecule has 1 heterocycles.